The van der Waals surface area contributed by atoms with Crippen LogP contribution in [0.1, 0.15) is 159 Å². The van der Waals surface area contributed by atoms with Gasteiger partial charge in [-0.05, 0) is 62.2 Å². The molecule has 15 nitrogen and oxygen atoms in total. The number of hydrogen-bond acceptors (Lipinski definition) is 9. The molecule has 1 saturated carbocycles. The van der Waals surface area contributed by atoms with E-state index in [1.165, 1.54) is 35.7 Å². The zero-order valence-electron chi connectivity index (χ0n) is 40.1. The van der Waals surface area contributed by atoms with E-state index in [-0.39, 0.29) is 55.8 Å². The smallest absolute Gasteiger partial charge is 0.329 e. The molecule has 0 radical (unpaired) electrons. The van der Waals surface area contributed by atoms with Crippen LogP contribution in [0.4, 0.5) is 0 Å². The highest BCUT2D eigenvalue weighted by Crippen LogP contribution is 2.30. The lowest BCUT2D eigenvalue weighted by Crippen LogP contribution is -2.60. The van der Waals surface area contributed by atoms with Gasteiger partial charge in [0.2, 0.25) is 29.5 Å². The van der Waals surface area contributed by atoms with Crippen LogP contribution in [0.2, 0.25) is 0 Å². The van der Waals surface area contributed by atoms with Crippen LogP contribution in [-0.4, -0.2) is 120 Å². The van der Waals surface area contributed by atoms with Gasteiger partial charge in [0, 0.05) is 34.0 Å². The van der Waals surface area contributed by atoms with Crippen LogP contribution in [0.3, 0.4) is 0 Å². The number of carbonyl (C=O) groups excluding carboxylic acids is 7. The van der Waals surface area contributed by atoms with Gasteiger partial charge in [-0.3, -0.25) is 28.8 Å². The monoisotopic (exact) mass is 872 g/mol. The first-order valence-electron chi connectivity index (χ1n) is 23.5. The molecule has 0 aromatic heterocycles. The molecule has 1 saturated heterocycles. The number of carbonyl (C=O) groups is 7. The van der Waals surface area contributed by atoms with Crippen molar-refractivity contribution >= 4 is 41.4 Å². The normalized spacial score (nSPS) is 27.3. The summed E-state index contributed by atoms with van der Waals surface area (Å²) in [6.07, 6.45) is 7.47. The summed E-state index contributed by atoms with van der Waals surface area (Å²) in [4.78, 5) is 105. The lowest BCUT2D eigenvalue weighted by Gasteiger charge is -2.37. The van der Waals surface area contributed by atoms with Gasteiger partial charge < -0.3 is 35.4 Å². The highest BCUT2D eigenvalue weighted by Gasteiger charge is 2.41. The van der Waals surface area contributed by atoms with Gasteiger partial charge in [0.1, 0.15) is 36.3 Å². The Labute approximate surface area is 372 Å². The Hall–Kier alpha value is -4.22. The summed E-state index contributed by atoms with van der Waals surface area (Å²) < 4.78 is 5.75. The third-order valence-electron chi connectivity index (χ3n) is 13.0. The summed E-state index contributed by atoms with van der Waals surface area (Å²) in [6, 6.07) is -4.44. The van der Waals surface area contributed by atoms with E-state index in [0.717, 1.165) is 51.4 Å². The zero-order valence-corrected chi connectivity index (χ0v) is 40.1. The van der Waals surface area contributed by atoms with Gasteiger partial charge in [0.25, 0.3) is 5.91 Å². The Morgan fingerprint density at radius 3 is 1.81 bits per heavy atom. The molecule has 0 bridgehead atoms. The molecule has 1 heterocycles. The number of hydrogen-bond donors (Lipinski definition) is 3. The van der Waals surface area contributed by atoms with Crippen LogP contribution >= 0.6 is 0 Å². The fourth-order valence-corrected chi connectivity index (χ4v) is 8.56. The molecule has 15 heteroatoms. The Balaban J connectivity index is 2.86. The van der Waals surface area contributed by atoms with Gasteiger partial charge in [-0.25, -0.2) is 4.79 Å². The maximum absolute atomic E-state index is 14.8. The van der Waals surface area contributed by atoms with E-state index in [2.05, 4.69) is 22.9 Å². The number of amides is 6. The Morgan fingerprint density at radius 1 is 0.710 bits per heavy atom. The number of rotatable bonds is 15. The lowest BCUT2D eigenvalue weighted by molar-refractivity contribution is -0.163. The van der Waals surface area contributed by atoms with Gasteiger partial charge in [-0.1, -0.05) is 113 Å². The molecule has 2 fully saturated rings. The molecule has 352 valence electrons. The molecular formula is C47H81N7O8. The van der Waals surface area contributed by atoms with E-state index < -0.39 is 89.7 Å². The maximum atomic E-state index is 14.8. The quantitative estimate of drug-likeness (QED) is 0.178. The van der Waals surface area contributed by atoms with Crippen molar-refractivity contribution in [3.8, 4) is 6.07 Å². The highest BCUT2D eigenvalue weighted by atomic mass is 16.5. The molecule has 62 heavy (non-hydrogen) atoms. The first-order chi connectivity index (χ1) is 29.2. The molecular weight excluding hydrogens is 791 g/mol. The number of nitriles is 1. The van der Waals surface area contributed by atoms with E-state index >= 15 is 0 Å². The lowest BCUT2D eigenvalue weighted by atomic mass is 9.84. The number of nitrogens with one attached hydrogen (secondary N) is 3. The minimum Gasteiger partial charge on any atom is -0.451 e. The Bertz CT molecular complexity index is 1540. The van der Waals surface area contributed by atoms with Crippen molar-refractivity contribution in [3.05, 3.63) is 0 Å². The molecule has 2 rings (SSSR count). The van der Waals surface area contributed by atoms with Crippen LogP contribution in [0.15, 0.2) is 0 Å². The number of nitrogens with zero attached hydrogens (tertiary/aromatic N) is 4. The van der Waals surface area contributed by atoms with Crippen molar-refractivity contribution in [1.29, 1.82) is 5.26 Å². The number of likely N-dealkylation sites (N-methyl/N-ethyl adjacent to an activating group) is 3. The summed E-state index contributed by atoms with van der Waals surface area (Å²) in [5.74, 6) is -4.57. The number of esters is 1. The largest absolute Gasteiger partial charge is 0.451 e. The van der Waals surface area contributed by atoms with Crippen LogP contribution in [0.5, 0.6) is 0 Å². The second-order valence-electron chi connectivity index (χ2n) is 19.2. The molecule has 9 atom stereocenters. The molecule has 0 aromatic carbocycles. The minimum atomic E-state index is -1.47. The van der Waals surface area contributed by atoms with Crippen LogP contribution < -0.4 is 16.0 Å². The summed E-state index contributed by atoms with van der Waals surface area (Å²) in [5.41, 5.74) is 0. The first kappa shape index (κ1) is 53.9. The molecule has 3 N–H and O–H groups in total. The second-order valence-corrected chi connectivity index (χ2v) is 19.2. The molecule has 0 aromatic rings. The van der Waals surface area contributed by atoms with Crippen molar-refractivity contribution < 1.29 is 38.3 Å². The van der Waals surface area contributed by atoms with Gasteiger partial charge in [-0.2, -0.15) is 5.26 Å². The average Bonchev–Trinajstić information content (AvgIpc) is 3.24. The Morgan fingerprint density at radius 2 is 1.26 bits per heavy atom. The van der Waals surface area contributed by atoms with E-state index in [4.69, 9.17) is 4.74 Å². The highest BCUT2D eigenvalue weighted by molar-refractivity contribution is 5.97. The Kier molecular flexibility index (Phi) is 23.0. The van der Waals surface area contributed by atoms with Crippen molar-refractivity contribution in [3.63, 3.8) is 0 Å². The third kappa shape index (κ3) is 16.2. The number of cyclic esters (lactones) is 1. The minimum absolute atomic E-state index is 0.0215. The van der Waals surface area contributed by atoms with Crippen molar-refractivity contribution in [1.82, 2.24) is 30.7 Å². The predicted octanol–water partition coefficient (Wildman–Crippen LogP) is 5.50. The first-order valence-corrected chi connectivity index (χ1v) is 23.5. The van der Waals surface area contributed by atoms with Gasteiger partial charge in [0.05, 0.1) is 6.07 Å². The van der Waals surface area contributed by atoms with Crippen molar-refractivity contribution in [2.75, 3.05) is 21.1 Å². The molecule has 1 aliphatic heterocycles. The van der Waals surface area contributed by atoms with Crippen LogP contribution in [0, 0.1) is 40.9 Å². The predicted molar refractivity (Wildman–Crippen MR) is 239 cm³/mol. The molecule has 6 unspecified atom stereocenters. The van der Waals surface area contributed by atoms with Crippen LogP contribution in [0.25, 0.3) is 0 Å². The average molecular weight is 872 g/mol. The standard InChI is InChI=1S/C47H81N7O8/c1-13-15-20-31(7)27-36-44(58)52(10)33(9)47(61)62-39(23-19-24-48)43(57)51-40(32(8)14-2)46(60)54(12)37(26-30(5)6)41(55)49-35(25-29(3)4)45(59)53(11)38(42(56)50-36)28-34-21-17-16-18-22-34/h29-40H,13-23,25-28H2,1-12H3,(H,49,55)(H,50,56)(H,51,57)/t31?,32-,33?,35?,36?,37-,38?,39+,40?/m0/s1. The van der Waals surface area contributed by atoms with Gasteiger partial charge in [0.15, 0.2) is 6.10 Å². The number of ether oxygens (including phenoxy) is 1. The van der Waals surface area contributed by atoms with Gasteiger partial charge >= 0.3 is 5.97 Å². The van der Waals surface area contributed by atoms with E-state index in [1.807, 2.05) is 47.6 Å². The molecule has 6 amide bonds. The fourth-order valence-electron chi connectivity index (χ4n) is 8.56. The second kappa shape index (κ2) is 26.4. The molecule has 0 spiro atoms. The van der Waals surface area contributed by atoms with E-state index in [9.17, 15) is 38.8 Å². The number of unbranched alkanes of at least 4 members (excludes halogenated alkanes) is 1. The summed E-state index contributed by atoms with van der Waals surface area (Å²) >= 11 is 0. The molecule has 1 aliphatic carbocycles. The van der Waals surface area contributed by atoms with Gasteiger partial charge in [-0.15, -0.1) is 0 Å². The zero-order chi connectivity index (χ0) is 46.8. The third-order valence-corrected chi connectivity index (χ3v) is 13.0. The summed E-state index contributed by atoms with van der Waals surface area (Å²) in [5, 5.41) is 18.2. The summed E-state index contributed by atoms with van der Waals surface area (Å²) in [6.45, 7) is 17.0. The maximum Gasteiger partial charge on any atom is 0.329 e. The SMILES string of the molecule is CCCCC(C)CC1NC(=O)C(CC2CCCCC2)N(C)C(=O)C(CC(C)C)NC(=O)[C@H](CC(C)C)N(C)C(=O)C([C@@H](C)CC)NC(=O)[C@@H](CCC#N)OC(=O)C(C)N(C)C1=O. The topological polar surface area (TPSA) is 198 Å². The van der Waals surface area contributed by atoms with E-state index in [1.54, 1.807) is 14.0 Å². The van der Waals surface area contributed by atoms with Crippen LogP contribution in [-0.2, 0) is 38.3 Å². The van der Waals surface area contributed by atoms with Crippen molar-refractivity contribution in [2.24, 2.45) is 29.6 Å². The van der Waals surface area contributed by atoms with Crippen molar-refractivity contribution in [2.45, 2.75) is 201 Å². The summed E-state index contributed by atoms with van der Waals surface area (Å²) in [7, 11) is 4.53. The molecule has 2 aliphatic rings. The van der Waals surface area contributed by atoms with E-state index in [0.29, 0.717) is 12.8 Å². The fraction of sp³-hybridized carbons (Fsp3) is 0.830.